The van der Waals surface area contributed by atoms with Crippen molar-refractivity contribution in [2.24, 2.45) is 14.1 Å². The number of nitrogens with one attached hydrogen (secondary N) is 1. The standard InChI is InChI=1S/C21H15ClF3N5O4S/c1-29-15-8-26-7-11(17(15)18(32)30(2)20(29)33)5-16(31)28-19-27-14(9-35-19)10-3-12(22)6-13(4-10)34-21(23,24)25/h3-4,6-9H,5H2,1-2H3,(H,27,28,31). The van der Waals surface area contributed by atoms with Gasteiger partial charge in [0.05, 0.1) is 29.2 Å². The molecule has 35 heavy (non-hydrogen) atoms. The highest BCUT2D eigenvalue weighted by Crippen LogP contribution is 2.33. The summed E-state index contributed by atoms with van der Waals surface area (Å²) in [5.74, 6) is -1.01. The molecule has 1 aromatic carbocycles. The highest BCUT2D eigenvalue weighted by atomic mass is 35.5. The number of carbonyl (C=O) groups excluding carboxylic acids is 1. The van der Waals surface area contributed by atoms with Crippen molar-refractivity contribution in [2.45, 2.75) is 12.8 Å². The number of rotatable bonds is 5. The molecule has 0 spiro atoms. The number of carbonyl (C=O) groups is 1. The van der Waals surface area contributed by atoms with Crippen molar-refractivity contribution in [1.29, 1.82) is 0 Å². The van der Waals surface area contributed by atoms with Crippen molar-refractivity contribution < 1.29 is 22.7 Å². The predicted octanol–water partition coefficient (Wildman–Crippen LogP) is 3.49. The second-order valence-corrected chi connectivity index (χ2v) is 8.68. The van der Waals surface area contributed by atoms with E-state index in [1.165, 1.54) is 42.5 Å². The average molecular weight is 526 g/mol. The summed E-state index contributed by atoms with van der Waals surface area (Å²) in [7, 11) is 2.83. The molecule has 0 unspecified atom stereocenters. The number of alkyl halides is 3. The Hall–Kier alpha value is -3.71. The molecular weight excluding hydrogens is 511 g/mol. The SMILES string of the molecule is Cn1c(=O)c2c(CC(=O)Nc3nc(-c4cc(Cl)cc(OC(F)(F)F)c4)cs3)cncc2n(C)c1=O. The Balaban J connectivity index is 1.57. The number of thiazole rings is 1. The average Bonchev–Trinajstić information content (AvgIpc) is 3.23. The summed E-state index contributed by atoms with van der Waals surface area (Å²) < 4.78 is 43.8. The number of hydrogen-bond acceptors (Lipinski definition) is 7. The van der Waals surface area contributed by atoms with Crippen LogP contribution in [0, 0.1) is 0 Å². The zero-order valence-electron chi connectivity index (χ0n) is 18.0. The number of aromatic nitrogens is 4. The van der Waals surface area contributed by atoms with Gasteiger partial charge in [0.25, 0.3) is 5.56 Å². The van der Waals surface area contributed by atoms with Gasteiger partial charge >= 0.3 is 12.1 Å². The van der Waals surface area contributed by atoms with Crippen LogP contribution < -0.4 is 21.3 Å². The lowest BCUT2D eigenvalue weighted by Gasteiger charge is -2.10. The van der Waals surface area contributed by atoms with Gasteiger partial charge in [-0.3, -0.25) is 23.7 Å². The second kappa shape index (κ2) is 9.15. The maximum absolute atomic E-state index is 12.7. The molecule has 0 saturated carbocycles. The normalized spacial score (nSPS) is 11.6. The third-order valence-corrected chi connectivity index (χ3v) is 5.94. The molecule has 0 aliphatic heterocycles. The number of hydrogen-bond donors (Lipinski definition) is 1. The lowest BCUT2D eigenvalue weighted by molar-refractivity contribution is -0.274. The van der Waals surface area contributed by atoms with Crippen molar-refractivity contribution in [3.05, 3.63) is 67.4 Å². The Labute approximate surface area is 203 Å². The van der Waals surface area contributed by atoms with Crippen molar-refractivity contribution >= 4 is 44.9 Å². The summed E-state index contributed by atoms with van der Waals surface area (Å²) in [4.78, 5) is 45.7. The van der Waals surface area contributed by atoms with E-state index < -0.39 is 29.3 Å². The highest BCUT2D eigenvalue weighted by Gasteiger charge is 2.31. The molecule has 4 aromatic rings. The summed E-state index contributed by atoms with van der Waals surface area (Å²) in [6.07, 6.45) is -2.37. The fraction of sp³-hybridized carbons (Fsp3) is 0.190. The van der Waals surface area contributed by atoms with E-state index in [4.69, 9.17) is 11.6 Å². The largest absolute Gasteiger partial charge is 0.573 e. The fourth-order valence-electron chi connectivity index (χ4n) is 3.41. The number of ether oxygens (including phenoxy) is 1. The number of halogens is 4. The van der Waals surface area contributed by atoms with Crippen LogP contribution in [0.1, 0.15) is 5.56 Å². The van der Waals surface area contributed by atoms with E-state index in [9.17, 15) is 27.6 Å². The van der Waals surface area contributed by atoms with Gasteiger partial charge in [-0.05, 0) is 23.8 Å². The Morgan fingerprint density at radius 2 is 1.91 bits per heavy atom. The summed E-state index contributed by atoms with van der Waals surface area (Å²) >= 11 is 6.95. The molecule has 182 valence electrons. The first-order valence-corrected chi connectivity index (χ1v) is 11.0. The van der Waals surface area contributed by atoms with Crippen molar-refractivity contribution in [2.75, 3.05) is 5.32 Å². The zero-order chi connectivity index (χ0) is 25.5. The molecule has 0 radical (unpaired) electrons. The van der Waals surface area contributed by atoms with E-state index in [1.807, 2.05) is 0 Å². The van der Waals surface area contributed by atoms with E-state index in [0.717, 1.165) is 28.0 Å². The number of pyridine rings is 1. The number of aryl methyl sites for hydroxylation is 1. The lowest BCUT2D eigenvalue weighted by atomic mass is 10.1. The third-order valence-electron chi connectivity index (χ3n) is 4.96. The van der Waals surface area contributed by atoms with E-state index in [0.29, 0.717) is 5.56 Å². The lowest BCUT2D eigenvalue weighted by Crippen LogP contribution is -2.37. The van der Waals surface area contributed by atoms with Gasteiger partial charge in [0.2, 0.25) is 5.91 Å². The summed E-state index contributed by atoms with van der Waals surface area (Å²) in [6, 6.07) is 3.56. The fourth-order valence-corrected chi connectivity index (χ4v) is 4.37. The van der Waals surface area contributed by atoms with Crippen LogP contribution in [0.5, 0.6) is 5.75 Å². The second-order valence-electron chi connectivity index (χ2n) is 7.38. The van der Waals surface area contributed by atoms with E-state index >= 15 is 0 Å². The predicted molar refractivity (Wildman–Crippen MR) is 124 cm³/mol. The summed E-state index contributed by atoms with van der Waals surface area (Å²) in [5, 5.41) is 4.50. The number of nitrogens with zero attached hydrogens (tertiary/aromatic N) is 4. The smallest absolute Gasteiger partial charge is 0.406 e. The van der Waals surface area contributed by atoms with E-state index in [1.54, 1.807) is 0 Å². The maximum Gasteiger partial charge on any atom is 0.573 e. The molecule has 0 bridgehead atoms. The van der Waals surface area contributed by atoms with Gasteiger partial charge in [-0.2, -0.15) is 0 Å². The molecule has 0 atom stereocenters. The first-order chi connectivity index (χ1) is 16.4. The van der Waals surface area contributed by atoms with Crippen LogP contribution in [-0.2, 0) is 25.3 Å². The molecule has 4 rings (SSSR count). The molecule has 9 nitrogen and oxygen atoms in total. The van der Waals surface area contributed by atoms with E-state index in [2.05, 4.69) is 20.0 Å². The number of benzene rings is 1. The molecule has 0 fully saturated rings. The molecule has 0 aliphatic rings. The van der Waals surface area contributed by atoms with E-state index in [-0.39, 0.29) is 38.7 Å². The van der Waals surface area contributed by atoms with Crippen molar-refractivity contribution in [3.8, 4) is 17.0 Å². The number of fused-ring (bicyclic) bond motifs is 1. The molecule has 1 amide bonds. The Morgan fingerprint density at radius 1 is 1.17 bits per heavy atom. The third kappa shape index (κ3) is 5.20. The van der Waals surface area contributed by atoms with Gasteiger partial charge in [-0.1, -0.05) is 11.6 Å². The number of amides is 1. The molecule has 3 heterocycles. The molecule has 0 saturated heterocycles. The molecule has 0 aliphatic carbocycles. The van der Waals surface area contributed by atoms with Crippen LogP contribution in [0.4, 0.5) is 18.3 Å². The topological polar surface area (TPSA) is 108 Å². The van der Waals surface area contributed by atoms with Gasteiger partial charge in [0, 0.05) is 36.3 Å². The minimum absolute atomic E-state index is 0.0137. The molecule has 14 heteroatoms. The van der Waals surface area contributed by atoms with Crippen LogP contribution in [0.2, 0.25) is 5.02 Å². The van der Waals surface area contributed by atoms with Crippen molar-refractivity contribution in [3.63, 3.8) is 0 Å². The van der Waals surface area contributed by atoms with Crippen LogP contribution in [-0.4, -0.2) is 31.4 Å². The highest BCUT2D eigenvalue weighted by molar-refractivity contribution is 7.14. The van der Waals surface area contributed by atoms with Gasteiger partial charge in [-0.25, -0.2) is 9.78 Å². The molecule has 3 aromatic heterocycles. The van der Waals surface area contributed by atoms with Gasteiger partial charge < -0.3 is 10.1 Å². The Bertz CT molecular complexity index is 1580. The zero-order valence-corrected chi connectivity index (χ0v) is 19.6. The van der Waals surface area contributed by atoms with Gasteiger partial charge in [-0.15, -0.1) is 24.5 Å². The Kier molecular flexibility index (Phi) is 6.38. The Morgan fingerprint density at radius 3 is 2.63 bits per heavy atom. The minimum Gasteiger partial charge on any atom is -0.406 e. The quantitative estimate of drug-likeness (QED) is 0.427. The number of anilines is 1. The van der Waals surface area contributed by atoms with Crippen LogP contribution in [0.3, 0.4) is 0 Å². The van der Waals surface area contributed by atoms with Gasteiger partial charge in [0.1, 0.15) is 5.75 Å². The molecular formula is C21H15ClF3N5O4S. The van der Waals surface area contributed by atoms with Crippen LogP contribution in [0.15, 0.2) is 45.6 Å². The summed E-state index contributed by atoms with van der Waals surface area (Å²) in [6.45, 7) is 0. The minimum atomic E-state index is -4.88. The van der Waals surface area contributed by atoms with Crippen molar-refractivity contribution in [1.82, 2.24) is 19.1 Å². The van der Waals surface area contributed by atoms with Crippen LogP contribution in [0.25, 0.3) is 22.2 Å². The van der Waals surface area contributed by atoms with Crippen LogP contribution >= 0.6 is 22.9 Å². The summed E-state index contributed by atoms with van der Waals surface area (Å²) in [5.41, 5.74) is 0.0647. The maximum atomic E-state index is 12.7. The molecule has 1 N–H and O–H groups in total. The first kappa shape index (κ1) is 24.4. The first-order valence-electron chi connectivity index (χ1n) is 9.77. The van der Waals surface area contributed by atoms with Gasteiger partial charge in [0.15, 0.2) is 5.13 Å². The monoisotopic (exact) mass is 525 g/mol.